The van der Waals surface area contributed by atoms with Crippen LogP contribution >= 0.6 is 0 Å². The fraction of sp³-hybridized carbons (Fsp3) is 0.500. The van der Waals surface area contributed by atoms with Crippen molar-refractivity contribution in [3.63, 3.8) is 0 Å². The Hall–Kier alpha value is -2.17. The Kier molecular flexibility index (Phi) is 4.33. The van der Waals surface area contributed by atoms with Crippen molar-refractivity contribution in [1.82, 2.24) is 4.57 Å². The Balaban J connectivity index is 2.85. The molecule has 1 rings (SSSR count). The van der Waals surface area contributed by atoms with Crippen molar-refractivity contribution < 1.29 is 22.7 Å². The predicted octanol–water partition coefficient (Wildman–Crippen LogP) is 3.23. The quantitative estimate of drug-likeness (QED) is 0.909. The minimum absolute atomic E-state index is 0.196. The van der Waals surface area contributed by atoms with Crippen LogP contribution < -0.4 is 5.32 Å². The summed E-state index contributed by atoms with van der Waals surface area (Å²) in [6, 6.07) is 3.26. The summed E-state index contributed by atoms with van der Waals surface area (Å²) in [7, 11) is 0. The van der Waals surface area contributed by atoms with Crippen LogP contribution in [0.3, 0.4) is 0 Å². The van der Waals surface area contributed by atoms with Gasteiger partial charge in [-0.25, -0.2) is 4.79 Å². The fourth-order valence-corrected chi connectivity index (χ4v) is 1.46. The lowest BCUT2D eigenvalue weighted by atomic mass is 10.1. The lowest BCUT2D eigenvalue weighted by molar-refractivity contribution is -0.159. The molecule has 0 aliphatic heterocycles. The maximum Gasteiger partial charge on any atom is 0.422 e. The number of hydrogen-bond acceptors (Lipinski definition) is 3. The van der Waals surface area contributed by atoms with E-state index < -0.39 is 24.4 Å². The lowest BCUT2D eigenvalue weighted by Crippen LogP contribution is -2.27. The van der Waals surface area contributed by atoms with Crippen molar-refractivity contribution in [2.24, 2.45) is 0 Å². The number of amides is 1. The third-order valence-electron chi connectivity index (χ3n) is 2.27. The maximum absolute atomic E-state index is 11.9. The van der Waals surface area contributed by atoms with Gasteiger partial charge in [-0.3, -0.25) is 5.32 Å². The molecule has 0 spiro atoms. The molecule has 1 aromatic heterocycles. The average molecular weight is 289 g/mol. The summed E-state index contributed by atoms with van der Waals surface area (Å²) < 4.78 is 41.4. The number of nitriles is 1. The number of anilines is 1. The van der Waals surface area contributed by atoms with Crippen molar-refractivity contribution in [3.05, 3.63) is 17.8 Å². The number of carbonyl (C=O) groups is 1. The molecule has 0 aliphatic rings. The summed E-state index contributed by atoms with van der Waals surface area (Å²) in [5.41, 5.74) is -0.173. The molecule has 20 heavy (non-hydrogen) atoms. The van der Waals surface area contributed by atoms with Gasteiger partial charge in [-0.05, 0) is 26.8 Å². The minimum Gasteiger partial charge on any atom is -0.440 e. The first-order valence-corrected chi connectivity index (χ1v) is 5.66. The third-order valence-corrected chi connectivity index (χ3v) is 2.27. The Bertz CT molecular complexity index is 536. The summed E-state index contributed by atoms with van der Waals surface area (Å²) in [5, 5.41) is 11.0. The molecular formula is C12H14F3N3O2. The van der Waals surface area contributed by atoms with Gasteiger partial charge >= 0.3 is 12.3 Å². The topological polar surface area (TPSA) is 67.0 Å². The number of rotatable bonds is 2. The minimum atomic E-state index is -4.58. The van der Waals surface area contributed by atoms with Gasteiger partial charge in [0.1, 0.15) is 11.9 Å². The SMILES string of the molecule is CC(C)(C)n1cc(C#N)cc1NC(=O)OCC(F)(F)F. The summed E-state index contributed by atoms with van der Waals surface area (Å²) in [6.07, 6.45) is -4.31. The number of carbonyl (C=O) groups excluding carboxylic acids is 1. The average Bonchev–Trinajstić information content (AvgIpc) is 2.68. The van der Waals surface area contributed by atoms with E-state index in [2.05, 4.69) is 10.1 Å². The Morgan fingerprint density at radius 2 is 2.05 bits per heavy atom. The molecule has 0 saturated carbocycles. The van der Waals surface area contributed by atoms with Gasteiger partial charge in [0.25, 0.3) is 0 Å². The number of aromatic nitrogens is 1. The summed E-state index contributed by atoms with van der Waals surface area (Å²) >= 11 is 0. The number of nitrogens with one attached hydrogen (secondary N) is 1. The molecular weight excluding hydrogens is 275 g/mol. The van der Waals surface area contributed by atoms with E-state index in [4.69, 9.17) is 5.26 Å². The molecule has 0 aromatic carbocycles. The van der Waals surface area contributed by atoms with E-state index in [1.54, 1.807) is 4.57 Å². The monoisotopic (exact) mass is 289 g/mol. The molecule has 0 unspecified atom stereocenters. The van der Waals surface area contributed by atoms with E-state index in [-0.39, 0.29) is 11.4 Å². The zero-order valence-corrected chi connectivity index (χ0v) is 11.2. The Labute approximate surface area is 113 Å². The van der Waals surface area contributed by atoms with Gasteiger partial charge < -0.3 is 9.30 Å². The first kappa shape index (κ1) is 15.9. The van der Waals surface area contributed by atoms with Crippen LogP contribution in [0.5, 0.6) is 0 Å². The maximum atomic E-state index is 11.9. The largest absolute Gasteiger partial charge is 0.440 e. The first-order chi connectivity index (χ1) is 9.03. The van der Waals surface area contributed by atoms with Crippen molar-refractivity contribution in [1.29, 1.82) is 5.26 Å². The molecule has 1 aromatic rings. The van der Waals surface area contributed by atoms with Crippen LogP contribution in [0, 0.1) is 11.3 Å². The Morgan fingerprint density at radius 3 is 2.50 bits per heavy atom. The van der Waals surface area contributed by atoms with Gasteiger partial charge in [0.05, 0.1) is 5.56 Å². The predicted molar refractivity (Wildman–Crippen MR) is 65.2 cm³/mol. The van der Waals surface area contributed by atoms with Crippen LogP contribution in [-0.4, -0.2) is 23.4 Å². The highest BCUT2D eigenvalue weighted by Gasteiger charge is 2.30. The number of alkyl halides is 3. The van der Waals surface area contributed by atoms with Gasteiger partial charge in [0, 0.05) is 11.7 Å². The van der Waals surface area contributed by atoms with Gasteiger partial charge in [-0.15, -0.1) is 0 Å². The van der Waals surface area contributed by atoms with E-state index in [1.807, 2.05) is 26.8 Å². The molecule has 0 fully saturated rings. The molecule has 0 saturated heterocycles. The number of halogens is 3. The van der Waals surface area contributed by atoms with Crippen molar-refractivity contribution in [2.75, 3.05) is 11.9 Å². The van der Waals surface area contributed by atoms with E-state index >= 15 is 0 Å². The summed E-state index contributed by atoms with van der Waals surface area (Å²) in [4.78, 5) is 11.3. The van der Waals surface area contributed by atoms with Crippen LogP contribution in [0.4, 0.5) is 23.8 Å². The fourth-order valence-electron chi connectivity index (χ4n) is 1.46. The van der Waals surface area contributed by atoms with Crippen LogP contribution in [0.2, 0.25) is 0 Å². The standard InChI is InChI=1S/C12H14F3N3O2/c1-11(2,3)18-6-8(5-16)4-9(18)17-10(19)20-7-12(13,14)15/h4,6H,7H2,1-3H3,(H,17,19). The zero-order valence-electron chi connectivity index (χ0n) is 11.2. The lowest BCUT2D eigenvalue weighted by Gasteiger charge is -2.24. The second-order valence-corrected chi connectivity index (χ2v) is 5.08. The molecule has 0 radical (unpaired) electrons. The van der Waals surface area contributed by atoms with E-state index in [1.165, 1.54) is 12.3 Å². The van der Waals surface area contributed by atoms with Gasteiger partial charge in [0.15, 0.2) is 6.61 Å². The number of ether oxygens (including phenoxy) is 1. The molecule has 0 bridgehead atoms. The molecule has 0 aliphatic carbocycles. The molecule has 8 heteroatoms. The van der Waals surface area contributed by atoms with Gasteiger partial charge in [-0.1, -0.05) is 0 Å². The highest BCUT2D eigenvalue weighted by Crippen LogP contribution is 2.24. The summed E-state index contributed by atoms with van der Waals surface area (Å²) in [5.74, 6) is 0.196. The smallest absolute Gasteiger partial charge is 0.422 e. The van der Waals surface area contributed by atoms with Crippen LogP contribution in [-0.2, 0) is 10.3 Å². The third kappa shape index (κ3) is 4.50. The highest BCUT2D eigenvalue weighted by atomic mass is 19.4. The van der Waals surface area contributed by atoms with Crippen molar-refractivity contribution >= 4 is 11.9 Å². The van der Waals surface area contributed by atoms with Gasteiger partial charge in [-0.2, -0.15) is 18.4 Å². The second kappa shape index (κ2) is 5.45. The Morgan fingerprint density at radius 1 is 1.45 bits per heavy atom. The normalized spacial score (nSPS) is 11.8. The molecule has 1 heterocycles. The molecule has 1 N–H and O–H groups in total. The molecule has 0 atom stereocenters. The van der Waals surface area contributed by atoms with Crippen LogP contribution in [0.15, 0.2) is 12.3 Å². The van der Waals surface area contributed by atoms with Gasteiger partial charge in [0.2, 0.25) is 0 Å². The van der Waals surface area contributed by atoms with E-state index in [0.29, 0.717) is 0 Å². The van der Waals surface area contributed by atoms with Crippen molar-refractivity contribution in [2.45, 2.75) is 32.5 Å². The van der Waals surface area contributed by atoms with Crippen LogP contribution in [0.1, 0.15) is 26.3 Å². The number of hydrogen-bond donors (Lipinski definition) is 1. The van der Waals surface area contributed by atoms with E-state index in [9.17, 15) is 18.0 Å². The first-order valence-electron chi connectivity index (χ1n) is 5.66. The number of nitrogens with zero attached hydrogens (tertiary/aromatic N) is 2. The van der Waals surface area contributed by atoms with Crippen molar-refractivity contribution in [3.8, 4) is 6.07 Å². The molecule has 5 nitrogen and oxygen atoms in total. The molecule has 1 amide bonds. The molecule has 110 valence electrons. The van der Waals surface area contributed by atoms with E-state index in [0.717, 1.165) is 0 Å². The highest BCUT2D eigenvalue weighted by molar-refractivity contribution is 5.84. The van der Waals surface area contributed by atoms with Crippen LogP contribution in [0.25, 0.3) is 0 Å². The summed E-state index contributed by atoms with van der Waals surface area (Å²) in [6.45, 7) is 3.79. The second-order valence-electron chi connectivity index (χ2n) is 5.08. The zero-order chi connectivity index (χ0) is 15.6.